The standard InChI is InChI=1S/C20H19N3OS.ClH/c1-24-12-11-21-20-23-17(13-25-20)18-15-9-5-6-10-16(15)22-19(18)14-7-3-2-4-8-14;/h2-10,13,22H,11-12H2,1H3,(H,21,23);1H. The maximum Gasteiger partial charge on any atom is 0.183 e. The fourth-order valence-electron chi connectivity index (χ4n) is 2.96. The van der Waals surface area contributed by atoms with Crippen molar-refractivity contribution in [2.45, 2.75) is 0 Å². The van der Waals surface area contributed by atoms with Crippen LogP contribution in [0.2, 0.25) is 0 Å². The lowest BCUT2D eigenvalue weighted by molar-refractivity contribution is 0.211. The molecule has 2 heterocycles. The zero-order valence-electron chi connectivity index (χ0n) is 14.4. The molecule has 0 bridgehead atoms. The third-order valence-corrected chi connectivity index (χ3v) is 4.91. The number of halogens is 1. The van der Waals surface area contributed by atoms with E-state index < -0.39 is 0 Å². The van der Waals surface area contributed by atoms with Gasteiger partial charge in [-0.1, -0.05) is 48.5 Å². The number of fused-ring (bicyclic) bond motifs is 1. The van der Waals surface area contributed by atoms with Gasteiger partial charge in [-0.3, -0.25) is 0 Å². The van der Waals surface area contributed by atoms with Crippen LogP contribution in [0.15, 0.2) is 60.0 Å². The second-order valence-electron chi connectivity index (χ2n) is 5.74. The smallest absolute Gasteiger partial charge is 0.183 e. The van der Waals surface area contributed by atoms with E-state index >= 15 is 0 Å². The fraction of sp³-hybridized carbons (Fsp3) is 0.150. The maximum absolute atomic E-state index is 5.09. The SMILES string of the molecule is COCCNc1nc(-c2c(-c3ccccc3)[nH]c3ccccc23)cs1.Cl. The van der Waals surface area contributed by atoms with Crippen LogP contribution in [0.3, 0.4) is 0 Å². The number of hydrogen-bond acceptors (Lipinski definition) is 4. The van der Waals surface area contributed by atoms with Crippen LogP contribution >= 0.6 is 23.7 Å². The van der Waals surface area contributed by atoms with Crippen LogP contribution in [-0.2, 0) is 4.74 Å². The predicted molar refractivity (Wildman–Crippen MR) is 112 cm³/mol. The minimum absolute atomic E-state index is 0. The molecule has 0 atom stereocenters. The number of hydrogen-bond donors (Lipinski definition) is 2. The Kier molecular flexibility index (Phi) is 5.93. The average Bonchev–Trinajstić information content (AvgIpc) is 3.27. The van der Waals surface area contributed by atoms with Gasteiger partial charge in [-0.15, -0.1) is 23.7 Å². The summed E-state index contributed by atoms with van der Waals surface area (Å²) in [5, 5.41) is 7.52. The maximum atomic E-state index is 5.09. The summed E-state index contributed by atoms with van der Waals surface area (Å²) in [5.41, 5.74) is 5.53. The Bertz CT molecular complexity index is 981. The molecule has 0 radical (unpaired) electrons. The van der Waals surface area contributed by atoms with Gasteiger partial charge in [0.2, 0.25) is 0 Å². The Labute approximate surface area is 162 Å². The van der Waals surface area contributed by atoms with E-state index in [0.29, 0.717) is 6.61 Å². The summed E-state index contributed by atoms with van der Waals surface area (Å²) in [6, 6.07) is 18.8. The van der Waals surface area contributed by atoms with Crippen molar-refractivity contribution in [3.8, 4) is 22.5 Å². The number of rotatable bonds is 6. The minimum Gasteiger partial charge on any atom is -0.383 e. The Hall–Kier alpha value is -2.34. The molecule has 0 amide bonds. The fourth-order valence-corrected chi connectivity index (χ4v) is 3.69. The first kappa shape index (κ1) is 18.5. The number of nitrogens with one attached hydrogen (secondary N) is 2. The van der Waals surface area contributed by atoms with Crippen molar-refractivity contribution in [3.05, 3.63) is 60.0 Å². The van der Waals surface area contributed by atoms with Gasteiger partial charge in [0.1, 0.15) is 0 Å². The average molecular weight is 386 g/mol. The monoisotopic (exact) mass is 385 g/mol. The number of ether oxygens (including phenoxy) is 1. The number of thiazole rings is 1. The van der Waals surface area contributed by atoms with E-state index in [2.05, 4.69) is 64.2 Å². The molecule has 4 aromatic rings. The molecular formula is C20H20ClN3OS. The summed E-state index contributed by atoms with van der Waals surface area (Å²) in [5.74, 6) is 0. The lowest BCUT2D eigenvalue weighted by Gasteiger charge is -2.03. The van der Waals surface area contributed by atoms with E-state index in [4.69, 9.17) is 9.72 Å². The summed E-state index contributed by atoms with van der Waals surface area (Å²) < 4.78 is 5.09. The van der Waals surface area contributed by atoms with E-state index in [-0.39, 0.29) is 12.4 Å². The summed E-state index contributed by atoms with van der Waals surface area (Å²) in [7, 11) is 1.70. The molecule has 4 nitrogen and oxygen atoms in total. The predicted octanol–water partition coefficient (Wildman–Crippen LogP) is 5.44. The van der Waals surface area contributed by atoms with Gasteiger partial charge in [0, 0.05) is 35.5 Å². The number of methoxy groups -OCH3 is 1. The van der Waals surface area contributed by atoms with E-state index in [9.17, 15) is 0 Å². The highest BCUT2D eigenvalue weighted by molar-refractivity contribution is 7.14. The molecular weight excluding hydrogens is 366 g/mol. The van der Waals surface area contributed by atoms with Gasteiger partial charge in [-0.05, 0) is 11.6 Å². The van der Waals surface area contributed by atoms with E-state index in [0.717, 1.165) is 39.7 Å². The number of H-pyrrole nitrogens is 1. The van der Waals surface area contributed by atoms with Crippen molar-refractivity contribution in [1.82, 2.24) is 9.97 Å². The van der Waals surface area contributed by atoms with Crippen LogP contribution in [0.5, 0.6) is 0 Å². The molecule has 6 heteroatoms. The summed E-state index contributed by atoms with van der Waals surface area (Å²) in [4.78, 5) is 8.36. The Morgan fingerprint density at radius 3 is 2.65 bits per heavy atom. The van der Waals surface area contributed by atoms with Crippen LogP contribution in [-0.4, -0.2) is 30.2 Å². The summed E-state index contributed by atoms with van der Waals surface area (Å²) >= 11 is 1.62. The van der Waals surface area contributed by atoms with E-state index in [1.165, 1.54) is 5.39 Å². The summed E-state index contributed by atoms with van der Waals surface area (Å²) in [6.45, 7) is 1.42. The third-order valence-electron chi connectivity index (χ3n) is 4.11. The number of para-hydroxylation sites is 1. The molecule has 0 spiro atoms. The van der Waals surface area contributed by atoms with Crippen LogP contribution in [0.1, 0.15) is 0 Å². The molecule has 0 unspecified atom stereocenters. The lowest BCUT2D eigenvalue weighted by Crippen LogP contribution is -2.07. The topological polar surface area (TPSA) is 49.9 Å². The Morgan fingerprint density at radius 1 is 1.08 bits per heavy atom. The molecule has 2 aromatic carbocycles. The first-order valence-electron chi connectivity index (χ1n) is 8.21. The number of aromatic nitrogens is 2. The molecule has 0 saturated heterocycles. The molecule has 0 saturated carbocycles. The van der Waals surface area contributed by atoms with Crippen molar-refractivity contribution in [1.29, 1.82) is 0 Å². The summed E-state index contributed by atoms with van der Waals surface area (Å²) in [6.07, 6.45) is 0. The van der Waals surface area contributed by atoms with Crippen molar-refractivity contribution in [3.63, 3.8) is 0 Å². The molecule has 134 valence electrons. The van der Waals surface area contributed by atoms with E-state index in [1.54, 1.807) is 18.4 Å². The normalized spacial score (nSPS) is 10.7. The molecule has 2 N–H and O–H groups in total. The van der Waals surface area contributed by atoms with Crippen molar-refractivity contribution in [2.75, 3.05) is 25.6 Å². The zero-order valence-corrected chi connectivity index (χ0v) is 16.0. The minimum atomic E-state index is 0. The van der Waals surface area contributed by atoms with Gasteiger partial charge in [-0.2, -0.15) is 0 Å². The first-order valence-corrected chi connectivity index (χ1v) is 9.09. The lowest BCUT2D eigenvalue weighted by atomic mass is 10.0. The molecule has 2 aromatic heterocycles. The molecule has 0 aliphatic heterocycles. The Morgan fingerprint density at radius 2 is 1.85 bits per heavy atom. The highest BCUT2D eigenvalue weighted by Crippen LogP contribution is 2.39. The van der Waals surface area contributed by atoms with Crippen LogP contribution in [0.25, 0.3) is 33.4 Å². The third kappa shape index (κ3) is 3.60. The van der Waals surface area contributed by atoms with Crippen molar-refractivity contribution < 1.29 is 4.74 Å². The molecule has 0 aliphatic carbocycles. The number of aromatic amines is 1. The van der Waals surface area contributed by atoms with Gasteiger partial charge in [0.05, 0.1) is 18.0 Å². The van der Waals surface area contributed by atoms with Crippen LogP contribution in [0.4, 0.5) is 5.13 Å². The molecule has 26 heavy (non-hydrogen) atoms. The van der Waals surface area contributed by atoms with Crippen LogP contribution in [0, 0.1) is 0 Å². The second-order valence-corrected chi connectivity index (χ2v) is 6.60. The molecule has 4 rings (SSSR count). The highest BCUT2D eigenvalue weighted by Gasteiger charge is 2.17. The zero-order chi connectivity index (χ0) is 17.1. The van der Waals surface area contributed by atoms with Crippen molar-refractivity contribution >= 4 is 39.8 Å². The number of nitrogens with zero attached hydrogens (tertiary/aromatic N) is 1. The number of anilines is 1. The Balaban J connectivity index is 0.00000196. The van der Waals surface area contributed by atoms with Gasteiger partial charge >= 0.3 is 0 Å². The van der Waals surface area contributed by atoms with E-state index in [1.807, 2.05) is 6.07 Å². The van der Waals surface area contributed by atoms with Gasteiger partial charge in [0.15, 0.2) is 5.13 Å². The number of benzene rings is 2. The second kappa shape index (κ2) is 8.36. The molecule has 0 aliphatic rings. The molecule has 0 fully saturated rings. The first-order chi connectivity index (χ1) is 12.4. The highest BCUT2D eigenvalue weighted by atomic mass is 35.5. The van der Waals surface area contributed by atoms with Gasteiger partial charge < -0.3 is 15.0 Å². The van der Waals surface area contributed by atoms with Crippen molar-refractivity contribution in [2.24, 2.45) is 0 Å². The quantitative estimate of drug-likeness (QED) is 0.434. The van der Waals surface area contributed by atoms with Gasteiger partial charge in [0.25, 0.3) is 0 Å². The largest absolute Gasteiger partial charge is 0.383 e. The van der Waals surface area contributed by atoms with Crippen LogP contribution < -0.4 is 5.32 Å². The van der Waals surface area contributed by atoms with Gasteiger partial charge in [-0.25, -0.2) is 4.98 Å².